The maximum Gasteiger partial charge on any atom is 0.490 e. The first-order valence-corrected chi connectivity index (χ1v) is 13.9. The van der Waals surface area contributed by atoms with Gasteiger partial charge in [-0.1, -0.05) is 72.8 Å². The van der Waals surface area contributed by atoms with Crippen LogP contribution in [-0.4, -0.2) is 44.7 Å². The molecule has 5 N–H and O–H groups in total. The molecular weight excluding hydrogens is 583 g/mol. The van der Waals surface area contributed by atoms with Crippen molar-refractivity contribution in [3.8, 4) is 22.4 Å². The number of hydrogen-bond acceptors (Lipinski definition) is 5. The molecule has 6 rings (SSSR count). The number of hydrogen-bond donors (Lipinski definition) is 4. The number of nitrogens with one attached hydrogen (secondary N) is 2. The quantitative estimate of drug-likeness (QED) is 0.163. The standard InChI is InChI=1S/C32H27N5O.C2HF3O2/c33-19-21-10-12-23(13-11-21)30-26(22-6-2-1-3-7-22)18-27-29(37-30)15-17-34-31(27)32(38)35-16-14-24-20-36-28-9-5-4-8-25(24)28;3-2(4,5)1(6)7/h1-13,15,17-18,20,36H,14,16,19,33H2,(H,35,38);(H,6,7). The number of para-hydroxylation sites is 1. The molecule has 1 amide bonds. The number of pyridine rings is 2. The van der Waals surface area contributed by atoms with Gasteiger partial charge in [-0.15, -0.1) is 0 Å². The summed E-state index contributed by atoms with van der Waals surface area (Å²) in [5.74, 6) is -2.97. The largest absolute Gasteiger partial charge is 0.490 e. The van der Waals surface area contributed by atoms with Crippen molar-refractivity contribution >= 4 is 33.7 Å². The van der Waals surface area contributed by atoms with E-state index in [1.165, 1.54) is 10.9 Å². The van der Waals surface area contributed by atoms with Gasteiger partial charge in [-0.2, -0.15) is 13.2 Å². The number of H-pyrrole nitrogens is 1. The van der Waals surface area contributed by atoms with Gasteiger partial charge in [0.1, 0.15) is 5.69 Å². The Morgan fingerprint density at radius 1 is 0.889 bits per heavy atom. The summed E-state index contributed by atoms with van der Waals surface area (Å²) in [5.41, 5.74) is 14.0. The number of aliphatic carboxylic acids is 1. The van der Waals surface area contributed by atoms with E-state index in [9.17, 15) is 18.0 Å². The molecule has 3 heterocycles. The molecule has 3 aromatic heterocycles. The maximum absolute atomic E-state index is 13.3. The third-order valence-electron chi connectivity index (χ3n) is 7.10. The van der Waals surface area contributed by atoms with E-state index in [0.717, 1.165) is 50.8 Å². The number of carbonyl (C=O) groups is 2. The van der Waals surface area contributed by atoms with E-state index in [1.807, 2.05) is 72.9 Å². The van der Waals surface area contributed by atoms with Gasteiger partial charge in [-0.25, -0.2) is 9.78 Å². The molecule has 11 heteroatoms. The Hall–Kier alpha value is -5.55. The Balaban J connectivity index is 0.000000515. The van der Waals surface area contributed by atoms with Crippen LogP contribution in [0.2, 0.25) is 0 Å². The highest BCUT2D eigenvalue weighted by atomic mass is 19.4. The molecule has 0 aliphatic carbocycles. The van der Waals surface area contributed by atoms with Gasteiger partial charge in [0.05, 0.1) is 11.2 Å². The number of aromatic amines is 1. The molecule has 0 radical (unpaired) electrons. The van der Waals surface area contributed by atoms with Crippen molar-refractivity contribution in [3.63, 3.8) is 0 Å². The Morgan fingerprint density at radius 2 is 1.58 bits per heavy atom. The van der Waals surface area contributed by atoms with Crippen LogP contribution in [-0.2, 0) is 17.8 Å². The number of halogens is 3. The number of rotatable bonds is 7. The number of benzene rings is 3. The molecular formula is C34H28F3N5O3. The average molecular weight is 612 g/mol. The Labute approximate surface area is 255 Å². The number of nitrogens with zero attached hydrogens (tertiary/aromatic N) is 2. The lowest BCUT2D eigenvalue weighted by Crippen LogP contribution is -2.26. The number of aromatic nitrogens is 3. The van der Waals surface area contributed by atoms with Crippen molar-refractivity contribution in [2.24, 2.45) is 5.73 Å². The average Bonchev–Trinajstić information content (AvgIpc) is 3.47. The van der Waals surface area contributed by atoms with Gasteiger partial charge in [0, 0.05) is 52.9 Å². The predicted molar refractivity (Wildman–Crippen MR) is 166 cm³/mol. The molecule has 0 aliphatic rings. The summed E-state index contributed by atoms with van der Waals surface area (Å²) in [7, 11) is 0. The van der Waals surface area contributed by atoms with Crippen LogP contribution in [0.4, 0.5) is 13.2 Å². The van der Waals surface area contributed by atoms with Gasteiger partial charge >= 0.3 is 12.1 Å². The van der Waals surface area contributed by atoms with Crippen LogP contribution in [0.5, 0.6) is 0 Å². The lowest BCUT2D eigenvalue weighted by molar-refractivity contribution is -0.192. The minimum absolute atomic E-state index is 0.212. The van der Waals surface area contributed by atoms with Crippen LogP contribution in [0, 0.1) is 0 Å². The fourth-order valence-corrected chi connectivity index (χ4v) is 4.87. The van der Waals surface area contributed by atoms with Crippen LogP contribution in [0.25, 0.3) is 44.2 Å². The normalized spacial score (nSPS) is 11.2. The van der Waals surface area contributed by atoms with Gasteiger partial charge in [0.15, 0.2) is 0 Å². The third-order valence-corrected chi connectivity index (χ3v) is 7.10. The zero-order valence-corrected chi connectivity index (χ0v) is 23.8. The van der Waals surface area contributed by atoms with Crippen LogP contribution < -0.4 is 11.1 Å². The van der Waals surface area contributed by atoms with Gasteiger partial charge in [0.25, 0.3) is 5.91 Å². The third kappa shape index (κ3) is 7.16. The number of carboxylic acids is 1. The smallest absolute Gasteiger partial charge is 0.475 e. The Kier molecular flexibility index (Phi) is 9.20. The summed E-state index contributed by atoms with van der Waals surface area (Å²) in [6.45, 7) is 0.991. The number of amides is 1. The van der Waals surface area contributed by atoms with Crippen molar-refractivity contribution in [2.45, 2.75) is 19.1 Å². The predicted octanol–water partition coefficient (Wildman–Crippen LogP) is 6.51. The monoisotopic (exact) mass is 611 g/mol. The summed E-state index contributed by atoms with van der Waals surface area (Å²) < 4.78 is 31.7. The molecule has 0 unspecified atom stereocenters. The highest BCUT2D eigenvalue weighted by Gasteiger charge is 2.38. The van der Waals surface area contributed by atoms with Crippen LogP contribution in [0.1, 0.15) is 21.6 Å². The minimum Gasteiger partial charge on any atom is -0.475 e. The van der Waals surface area contributed by atoms with Crippen molar-refractivity contribution in [1.29, 1.82) is 0 Å². The number of carbonyl (C=O) groups excluding carboxylic acids is 1. The molecule has 8 nitrogen and oxygen atoms in total. The fraction of sp³-hybridized carbons (Fsp3) is 0.118. The van der Waals surface area contributed by atoms with E-state index >= 15 is 0 Å². The number of carboxylic acid groups (broad SMARTS) is 1. The summed E-state index contributed by atoms with van der Waals surface area (Å²) in [4.78, 5) is 35.0. The van der Waals surface area contributed by atoms with Crippen LogP contribution >= 0.6 is 0 Å². The van der Waals surface area contributed by atoms with E-state index in [4.69, 9.17) is 20.6 Å². The van der Waals surface area contributed by atoms with Crippen molar-refractivity contribution in [3.05, 3.63) is 120 Å². The molecule has 0 spiro atoms. The molecule has 228 valence electrons. The number of fused-ring (bicyclic) bond motifs is 2. The number of alkyl halides is 3. The topological polar surface area (TPSA) is 134 Å². The van der Waals surface area contributed by atoms with Gasteiger partial charge in [0.2, 0.25) is 0 Å². The summed E-state index contributed by atoms with van der Waals surface area (Å²) in [5, 5.41) is 12.1. The van der Waals surface area contributed by atoms with E-state index in [0.29, 0.717) is 18.8 Å². The van der Waals surface area contributed by atoms with Gasteiger partial charge in [-0.05, 0) is 41.3 Å². The zero-order chi connectivity index (χ0) is 32.0. The van der Waals surface area contributed by atoms with Crippen LogP contribution in [0.3, 0.4) is 0 Å². The summed E-state index contributed by atoms with van der Waals surface area (Å²) in [6, 6.07) is 30.3. The van der Waals surface area contributed by atoms with E-state index in [2.05, 4.69) is 39.6 Å². The molecule has 6 aromatic rings. The molecule has 0 aliphatic heterocycles. The summed E-state index contributed by atoms with van der Waals surface area (Å²) >= 11 is 0. The first-order valence-electron chi connectivity index (χ1n) is 13.9. The molecule has 0 fully saturated rings. The lowest BCUT2D eigenvalue weighted by Gasteiger charge is -2.14. The second kappa shape index (κ2) is 13.4. The SMILES string of the molecule is NCc1ccc(-c2nc3ccnc(C(=O)NCCc4c[nH]c5ccccc45)c3cc2-c2ccccc2)cc1.O=C(O)C(F)(F)F. The fourth-order valence-electron chi connectivity index (χ4n) is 4.87. The molecule has 0 saturated carbocycles. The highest BCUT2D eigenvalue weighted by Crippen LogP contribution is 2.34. The molecule has 45 heavy (non-hydrogen) atoms. The second-order valence-corrected chi connectivity index (χ2v) is 10.0. The molecule has 0 atom stereocenters. The van der Waals surface area contributed by atoms with Gasteiger partial charge in [-0.3, -0.25) is 9.78 Å². The highest BCUT2D eigenvalue weighted by molar-refractivity contribution is 6.06. The molecule has 0 saturated heterocycles. The first kappa shape index (κ1) is 30.9. The van der Waals surface area contributed by atoms with Crippen LogP contribution in [0.15, 0.2) is 103 Å². The van der Waals surface area contributed by atoms with Crippen molar-refractivity contribution in [1.82, 2.24) is 20.3 Å². The zero-order valence-electron chi connectivity index (χ0n) is 23.8. The second-order valence-electron chi connectivity index (χ2n) is 10.0. The van der Waals surface area contributed by atoms with E-state index in [1.54, 1.807) is 6.20 Å². The van der Waals surface area contributed by atoms with Crippen molar-refractivity contribution < 1.29 is 27.9 Å². The van der Waals surface area contributed by atoms with E-state index in [-0.39, 0.29) is 5.91 Å². The first-order chi connectivity index (χ1) is 21.7. The van der Waals surface area contributed by atoms with E-state index < -0.39 is 12.1 Å². The minimum atomic E-state index is -5.08. The summed E-state index contributed by atoms with van der Waals surface area (Å²) in [6.07, 6.45) is -0.713. The molecule has 3 aromatic carbocycles. The Morgan fingerprint density at radius 3 is 2.27 bits per heavy atom. The van der Waals surface area contributed by atoms with Crippen molar-refractivity contribution in [2.75, 3.05) is 6.54 Å². The Bertz CT molecular complexity index is 1960. The number of nitrogens with two attached hydrogens (primary N) is 1. The lowest BCUT2D eigenvalue weighted by atomic mass is 9.96. The molecule has 0 bridgehead atoms. The van der Waals surface area contributed by atoms with Gasteiger partial charge < -0.3 is 21.1 Å². The maximum atomic E-state index is 13.3.